The Hall–Kier alpha value is -1.61. The molecule has 0 saturated carbocycles. The first-order valence-electron chi connectivity index (χ1n) is 9.17. The van der Waals surface area contributed by atoms with Crippen molar-refractivity contribution in [3.63, 3.8) is 0 Å². The van der Waals surface area contributed by atoms with E-state index in [9.17, 15) is 13.2 Å². The zero-order valence-electron chi connectivity index (χ0n) is 16.0. The Labute approximate surface area is 184 Å². The van der Waals surface area contributed by atoms with Gasteiger partial charge >= 0.3 is 0 Å². The summed E-state index contributed by atoms with van der Waals surface area (Å²) in [5, 5.41) is 3.08. The lowest BCUT2D eigenvalue weighted by atomic mass is 10.0. The lowest BCUT2D eigenvalue weighted by molar-refractivity contribution is 0.0953. The van der Waals surface area contributed by atoms with Crippen molar-refractivity contribution >= 4 is 43.5 Å². The number of carbonyl (C=O) groups excluding carboxylic acids is 1. The summed E-state index contributed by atoms with van der Waals surface area (Å²) in [6.07, 6.45) is 0.982. The number of amides is 1. The van der Waals surface area contributed by atoms with Gasteiger partial charge in [0.2, 0.25) is 10.0 Å². The van der Waals surface area contributed by atoms with E-state index in [0.717, 1.165) is 21.3 Å². The lowest BCUT2D eigenvalue weighted by Crippen LogP contribution is -2.38. The van der Waals surface area contributed by atoms with Crippen LogP contribution in [-0.2, 0) is 23.0 Å². The first-order chi connectivity index (χ1) is 13.8. The summed E-state index contributed by atoms with van der Waals surface area (Å²) in [7, 11) is -1.79. The molecule has 1 aliphatic rings. The Balaban J connectivity index is 1.52. The highest BCUT2D eigenvalue weighted by Gasteiger charge is 2.26. The highest BCUT2D eigenvalue weighted by Crippen LogP contribution is 2.25. The average molecular weight is 502 g/mol. The van der Waals surface area contributed by atoms with E-state index in [0.29, 0.717) is 36.5 Å². The molecular weight excluding hydrogens is 480 g/mol. The quantitative estimate of drug-likeness (QED) is 0.588. The van der Waals surface area contributed by atoms with Crippen LogP contribution in [0.3, 0.4) is 0 Å². The van der Waals surface area contributed by atoms with E-state index in [1.165, 1.54) is 4.31 Å². The number of hydrogen-bond acceptors (Lipinski definition) is 4. The zero-order chi connectivity index (χ0) is 21.0. The van der Waals surface area contributed by atoms with Gasteiger partial charge in [-0.25, -0.2) is 8.42 Å². The number of carbonyl (C=O) groups is 1. The molecule has 0 aliphatic carbocycles. The van der Waals surface area contributed by atoms with Gasteiger partial charge in [-0.2, -0.15) is 4.31 Å². The van der Waals surface area contributed by atoms with Crippen LogP contribution in [0.4, 0.5) is 0 Å². The molecule has 0 radical (unpaired) electrons. The summed E-state index contributed by atoms with van der Waals surface area (Å²) in [6, 6.07) is 10.7. The summed E-state index contributed by atoms with van der Waals surface area (Å²) >= 11 is 9.35. The zero-order valence-corrected chi connectivity index (χ0v) is 19.1. The minimum Gasteiger partial charge on any atom is -0.497 e. The Morgan fingerprint density at radius 2 is 2.03 bits per heavy atom. The Morgan fingerprint density at radius 3 is 2.79 bits per heavy atom. The van der Waals surface area contributed by atoms with Crippen molar-refractivity contribution in [3.8, 4) is 5.75 Å². The van der Waals surface area contributed by atoms with Crippen LogP contribution in [0.15, 0.2) is 40.9 Å². The molecule has 156 valence electrons. The van der Waals surface area contributed by atoms with Crippen molar-refractivity contribution in [2.24, 2.45) is 0 Å². The number of rotatable bonds is 7. The summed E-state index contributed by atoms with van der Waals surface area (Å²) < 4.78 is 32.9. The largest absolute Gasteiger partial charge is 0.497 e. The third-order valence-corrected chi connectivity index (χ3v) is 7.55. The SMILES string of the molecule is COc1ccc2c(c1)CCN(S(=O)(=O)CCCNC(=O)c1cc(Br)ccc1Cl)C2. The number of nitrogens with one attached hydrogen (secondary N) is 1. The molecule has 0 atom stereocenters. The molecule has 0 unspecified atom stereocenters. The molecule has 0 saturated heterocycles. The van der Waals surface area contributed by atoms with Gasteiger partial charge in [-0.3, -0.25) is 4.79 Å². The van der Waals surface area contributed by atoms with Crippen molar-refractivity contribution in [3.05, 3.63) is 62.6 Å². The summed E-state index contributed by atoms with van der Waals surface area (Å²) in [5.74, 6) is 0.432. The van der Waals surface area contributed by atoms with Gasteiger partial charge in [-0.1, -0.05) is 33.6 Å². The first-order valence-corrected chi connectivity index (χ1v) is 11.9. The second kappa shape index (κ2) is 9.47. The van der Waals surface area contributed by atoms with Crippen LogP contribution in [0, 0.1) is 0 Å². The van der Waals surface area contributed by atoms with E-state index in [2.05, 4.69) is 21.2 Å². The number of hydrogen-bond donors (Lipinski definition) is 1. The molecule has 0 aromatic heterocycles. The number of sulfonamides is 1. The minimum atomic E-state index is -3.40. The summed E-state index contributed by atoms with van der Waals surface area (Å²) in [6.45, 7) is 1.06. The van der Waals surface area contributed by atoms with Crippen molar-refractivity contribution in [2.45, 2.75) is 19.4 Å². The maximum Gasteiger partial charge on any atom is 0.252 e. The van der Waals surface area contributed by atoms with Crippen LogP contribution < -0.4 is 10.1 Å². The Bertz CT molecular complexity index is 1010. The van der Waals surface area contributed by atoms with Gasteiger partial charge in [-0.15, -0.1) is 0 Å². The maximum atomic E-state index is 12.7. The number of halogens is 2. The fourth-order valence-corrected chi connectivity index (χ4v) is 5.26. The van der Waals surface area contributed by atoms with E-state index >= 15 is 0 Å². The minimum absolute atomic E-state index is 0.0228. The van der Waals surface area contributed by atoms with Gasteiger partial charge in [0.05, 0.1) is 23.4 Å². The van der Waals surface area contributed by atoms with Crippen LogP contribution in [0.2, 0.25) is 5.02 Å². The molecule has 9 heteroatoms. The van der Waals surface area contributed by atoms with E-state index in [1.807, 2.05) is 18.2 Å². The predicted octanol–water partition coefficient (Wildman–Crippen LogP) is 3.62. The number of nitrogens with zero attached hydrogens (tertiary/aromatic N) is 1. The molecular formula is C20H22BrClN2O4S. The first kappa shape index (κ1) is 22.1. The highest BCUT2D eigenvalue weighted by atomic mass is 79.9. The fraction of sp³-hybridized carbons (Fsp3) is 0.350. The Kier molecular flexibility index (Phi) is 7.21. The molecule has 1 N–H and O–H groups in total. The molecule has 1 aliphatic heterocycles. The number of benzene rings is 2. The van der Waals surface area contributed by atoms with Crippen molar-refractivity contribution in [1.29, 1.82) is 0 Å². The normalized spacial score (nSPS) is 14.3. The van der Waals surface area contributed by atoms with Gasteiger partial charge in [-0.05, 0) is 54.3 Å². The maximum absolute atomic E-state index is 12.7. The van der Waals surface area contributed by atoms with Crippen LogP contribution in [0.1, 0.15) is 27.9 Å². The molecule has 3 rings (SSSR count). The van der Waals surface area contributed by atoms with E-state index in [1.54, 1.807) is 25.3 Å². The molecule has 6 nitrogen and oxygen atoms in total. The van der Waals surface area contributed by atoms with Crippen LogP contribution in [0.25, 0.3) is 0 Å². The fourth-order valence-electron chi connectivity index (χ4n) is 3.22. The summed E-state index contributed by atoms with van der Waals surface area (Å²) in [4.78, 5) is 12.2. The number of ether oxygens (including phenoxy) is 1. The van der Waals surface area contributed by atoms with Crippen LogP contribution >= 0.6 is 27.5 Å². The topological polar surface area (TPSA) is 75.7 Å². The van der Waals surface area contributed by atoms with Gasteiger partial charge in [0.15, 0.2) is 0 Å². The van der Waals surface area contributed by atoms with Gasteiger partial charge in [0.1, 0.15) is 5.75 Å². The standard InChI is InChI=1S/C20H22BrClN2O4S/c1-28-17-5-3-15-13-24(9-7-14(15)11-17)29(26,27)10-2-8-23-20(25)18-12-16(21)4-6-19(18)22/h3-6,11-12H,2,7-10,13H2,1H3,(H,23,25). The smallest absolute Gasteiger partial charge is 0.252 e. The molecule has 0 spiro atoms. The molecule has 1 heterocycles. The third-order valence-electron chi connectivity index (χ3n) is 4.82. The highest BCUT2D eigenvalue weighted by molar-refractivity contribution is 9.10. The molecule has 1 amide bonds. The third kappa shape index (κ3) is 5.51. The second-order valence-electron chi connectivity index (χ2n) is 6.77. The van der Waals surface area contributed by atoms with E-state index < -0.39 is 10.0 Å². The molecule has 2 aromatic rings. The Morgan fingerprint density at radius 1 is 1.24 bits per heavy atom. The second-order valence-corrected chi connectivity index (χ2v) is 10.2. The van der Waals surface area contributed by atoms with Gasteiger partial charge in [0, 0.05) is 24.1 Å². The van der Waals surface area contributed by atoms with Crippen molar-refractivity contribution in [2.75, 3.05) is 26.0 Å². The molecule has 2 aromatic carbocycles. The monoisotopic (exact) mass is 500 g/mol. The van der Waals surface area contributed by atoms with Crippen LogP contribution in [0.5, 0.6) is 5.75 Å². The molecule has 0 bridgehead atoms. The van der Waals surface area contributed by atoms with Crippen molar-refractivity contribution in [1.82, 2.24) is 9.62 Å². The average Bonchev–Trinajstić information content (AvgIpc) is 2.72. The van der Waals surface area contributed by atoms with Gasteiger partial charge in [0.25, 0.3) is 5.91 Å². The van der Waals surface area contributed by atoms with Gasteiger partial charge < -0.3 is 10.1 Å². The predicted molar refractivity (Wildman–Crippen MR) is 117 cm³/mol. The van der Waals surface area contributed by atoms with E-state index in [-0.39, 0.29) is 18.2 Å². The summed E-state index contributed by atoms with van der Waals surface area (Å²) in [5.41, 5.74) is 2.47. The number of fused-ring (bicyclic) bond motifs is 1. The van der Waals surface area contributed by atoms with E-state index in [4.69, 9.17) is 16.3 Å². The molecule has 0 fully saturated rings. The molecule has 29 heavy (non-hydrogen) atoms. The number of methoxy groups -OCH3 is 1. The van der Waals surface area contributed by atoms with Crippen LogP contribution in [-0.4, -0.2) is 44.6 Å². The van der Waals surface area contributed by atoms with Crippen molar-refractivity contribution < 1.29 is 17.9 Å². The lowest BCUT2D eigenvalue weighted by Gasteiger charge is -2.28.